The Labute approximate surface area is 119 Å². The number of hydrogen-bond acceptors (Lipinski definition) is 3. The van der Waals surface area contributed by atoms with Crippen molar-refractivity contribution in [2.75, 3.05) is 13.2 Å². The Morgan fingerprint density at radius 3 is 2.35 bits per heavy atom. The van der Waals surface area contributed by atoms with Crippen LogP contribution >= 0.6 is 0 Å². The Kier molecular flexibility index (Phi) is 6.18. The molecule has 0 spiro atoms. The van der Waals surface area contributed by atoms with Crippen LogP contribution in [0.5, 0.6) is 0 Å². The number of amides is 2. The number of benzene rings is 1. The quantitative estimate of drug-likeness (QED) is 0.822. The first-order chi connectivity index (χ1) is 9.37. The van der Waals surface area contributed by atoms with Gasteiger partial charge in [0.05, 0.1) is 13.2 Å². The predicted octanol–water partition coefficient (Wildman–Crippen LogP) is 1.23. The first kappa shape index (κ1) is 16.2. The lowest BCUT2D eigenvalue weighted by Crippen LogP contribution is -2.46. The van der Waals surface area contributed by atoms with E-state index in [4.69, 9.17) is 4.74 Å². The molecule has 1 aromatic rings. The van der Waals surface area contributed by atoms with E-state index in [1.807, 2.05) is 51.1 Å². The maximum absolute atomic E-state index is 11.5. The molecule has 1 rings (SSSR count). The zero-order chi connectivity index (χ0) is 15.0. The average Bonchev–Trinajstić information content (AvgIpc) is 2.36. The van der Waals surface area contributed by atoms with Crippen LogP contribution in [-0.4, -0.2) is 30.5 Å². The van der Waals surface area contributed by atoms with E-state index < -0.39 is 0 Å². The van der Waals surface area contributed by atoms with E-state index in [2.05, 4.69) is 10.6 Å². The van der Waals surface area contributed by atoms with Crippen LogP contribution in [0.1, 0.15) is 26.3 Å². The van der Waals surface area contributed by atoms with Crippen molar-refractivity contribution in [3.8, 4) is 0 Å². The lowest BCUT2D eigenvalue weighted by atomic mass is 10.1. The molecule has 2 N–H and O–H groups in total. The van der Waals surface area contributed by atoms with Gasteiger partial charge in [0.25, 0.3) is 0 Å². The van der Waals surface area contributed by atoms with Gasteiger partial charge < -0.3 is 15.4 Å². The van der Waals surface area contributed by atoms with E-state index in [-0.39, 0.29) is 30.5 Å². The normalized spacial score (nSPS) is 10.9. The summed E-state index contributed by atoms with van der Waals surface area (Å²) in [7, 11) is 0. The van der Waals surface area contributed by atoms with E-state index in [9.17, 15) is 9.59 Å². The monoisotopic (exact) mass is 278 g/mol. The molecule has 110 valence electrons. The molecule has 0 radical (unpaired) electrons. The molecular formula is C15H22N2O3. The second kappa shape index (κ2) is 7.65. The van der Waals surface area contributed by atoms with E-state index in [0.717, 1.165) is 5.56 Å². The molecule has 5 heteroatoms. The second-order valence-corrected chi connectivity index (χ2v) is 5.55. The Hall–Kier alpha value is -1.88. The zero-order valence-corrected chi connectivity index (χ0v) is 12.2. The van der Waals surface area contributed by atoms with Gasteiger partial charge in [-0.1, -0.05) is 30.3 Å². The molecule has 0 aliphatic rings. The maximum Gasteiger partial charge on any atom is 0.246 e. The Bertz CT molecular complexity index is 438. The highest BCUT2D eigenvalue weighted by Gasteiger charge is 2.14. The molecule has 5 nitrogen and oxygen atoms in total. The van der Waals surface area contributed by atoms with Crippen molar-refractivity contribution in [3.05, 3.63) is 35.9 Å². The Morgan fingerprint density at radius 1 is 1.10 bits per heavy atom. The van der Waals surface area contributed by atoms with Gasteiger partial charge >= 0.3 is 0 Å². The standard InChI is InChI=1S/C15H22N2O3/c1-15(2,3)17-13(18)9-16-14(19)11-20-10-12-7-5-4-6-8-12/h4-8H,9-11H2,1-3H3,(H,16,19)(H,17,18). The highest BCUT2D eigenvalue weighted by Crippen LogP contribution is 2.00. The number of nitrogens with one attached hydrogen (secondary N) is 2. The lowest BCUT2D eigenvalue weighted by molar-refractivity contribution is -0.129. The largest absolute Gasteiger partial charge is 0.367 e. The van der Waals surface area contributed by atoms with Crippen molar-refractivity contribution in [1.29, 1.82) is 0 Å². The minimum Gasteiger partial charge on any atom is -0.367 e. The van der Waals surface area contributed by atoms with Crippen LogP contribution < -0.4 is 10.6 Å². The fourth-order valence-corrected chi connectivity index (χ4v) is 1.53. The summed E-state index contributed by atoms with van der Waals surface area (Å²) in [5.74, 6) is -0.515. The SMILES string of the molecule is CC(C)(C)NC(=O)CNC(=O)COCc1ccccc1. The molecular weight excluding hydrogens is 256 g/mol. The third-order valence-corrected chi connectivity index (χ3v) is 2.31. The van der Waals surface area contributed by atoms with Crippen LogP contribution in [0.25, 0.3) is 0 Å². The molecule has 0 aliphatic carbocycles. The average molecular weight is 278 g/mol. The highest BCUT2D eigenvalue weighted by atomic mass is 16.5. The van der Waals surface area contributed by atoms with Crippen molar-refractivity contribution in [2.45, 2.75) is 32.9 Å². The van der Waals surface area contributed by atoms with Crippen LogP contribution in [0.4, 0.5) is 0 Å². The Balaban J connectivity index is 2.16. The van der Waals surface area contributed by atoms with Gasteiger partial charge in [-0.15, -0.1) is 0 Å². The molecule has 0 saturated carbocycles. The van der Waals surface area contributed by atoms with Crippen molar-refractivity contribution in [1.82, 2.24) is 10.6 Å². The van der Waals surface area contributed by atoms with E-state index in [1.165, 1.54) is 0 Å². The zero-order valence-electron chi connectivity index (χ0n) is 12.2. The summed E-state index contributed by atoms with van der Waals surface area (Å²) in [5, 5.41) is 5.28. The molecule has 0 saturated heterocycles. The van der Waals surface area contributed by atoms with E-state index in [1.54, 1.807) is 0 Å². The van der Waals surface area contributed by atoms with Crippen molar-refractivity contribution >= 4 is 11.8 Å². The predicted molar refractivity (Wildman–Crippen MR) is 77.0 cm³/mol. The smallest absolute Gasteiger partial charge is 0.246 e. The summed E-state index contributed by atoms with van der Waals surface area (Å²) in [6.45, 7) is 5.94. The molecule has 0 unspecified atom stereocenters. The van der Waals surface area contributed by atoms with Gasteiger partial charge in [0.15, 0.2) is 0 Å². The summed E-state index contributed by atoms with van der Waals surface area (Å²) in [6, 6.07) is 9.60. The maximum atomic E-state index is 11.5. The van der Waals surface area contributed by atoms with Crippen LogP contribution in [0.3, 0.4) is 0 Å². The summed E-state index contributed by atoms with van der Waals surface area (Å²) < 4.78 is 5.27. The first-order valence-electron chi connectivity index (χ1n) is 6.56. The molecule has 0 bridgehead atoms. The molecule has 0 aromatic heterocycles. The summed E-state index contributed by atoms with van der Waals surface area (Å²) in [6.07, 6.45) is 0. The van der Waals surface area contributed by atoms with Gasteiger partial charge in [0.2, 0.25) is 11.8 Å². The number of rotatable bonds is 6. The molecule has 20 heavy (non-hydrogen) atoms. The van der Waals surface area contributed by atoms with Crippen LogP contribution in [0, 0.1) is 0 Å². The van der Waals surface area contributed by atoms with Gasteiger partial charge in [0, 0.05) is 5.54 Å². The molecule has 0 atom stereocenters. The van der Waals surface area contributed by atoms with Crippen molar-refractivity contribution in [2.24, 2.45) is 0 Å². The van der Waals surface area contributed by atoms with Gasteiger partial charge in [-0.2, -0.15) is 0 Å². The fourth-order valence-electron chi connectivity index (χ4n) is 1.53. The summed E-state index contributed by atoms with van der Waals surface area (Å²) in [4.78, 5) is 23.0. The van der Waals surface area contributed by atoms with Crippen molar-refractivity contribution in [3.63, 3.8) is 0 Å². The van der Waals surface area contributed by atoms with Gasteiger partial charge in [-0.25, -0.2) is 0 Å². The van der Waals surface area contributed by atoms with Gasteiger partial charge in [-0.3, -0.25) is 9.59 Å². The van der Waals surface area contributed by atoms with Crippen LogP contribution in [0.15, 0.2) is 30.3 Å². The molecule has 2 amide bonds. The first-order valence-corrected chi connectivity index (χ1v) is 6.56. The molecule has 0 fully saturated rings. The number of carbonyl (C=O) groups excluding carboxylic acids is 2. The summed E-state index contributed by atoms with van der Waals surface area (Å²) >= 11 is 0. The molecule has 0 heterocycles. The lowest BCUT2D eigenvalue weighted by Gasteiger charge is -2.20. The fraction of sp³-hybridized carbons (Fsp3) is 0.467. The van der Waals surface area contributed by atoms with Gasteiger partial charge in [0.1, 0.15) is 6.61 Å². The minimum absolute atomic E-state index is 0.0369. The number of hydrogen-bond donors (Lipinski definition) is 2. The third kappa shape index (κ3) is 7.53. The minimum atomic E-state index is -0.301. The molecule has 1 aromatic carbocycles. The van der Waals surface area contributed by atoms with E-state index in [0.29, 0.717) is 6.61 Å². The highest BCUT2D eigenvalue weighted by molar-refractivity contribution is 5.85. The Morgan fingerprint density at radius 2 is 1.75 bits per heavy atom. The van der Waals surface area contributed by atoms with Crippen LogP contribution in [-0.2, 0) is 20.9 Å². The molecule has 0 aliphatic heterocycles. The number of ether oxygens (including phenoxy) is 1. The van der Waals surface area contributed by atoms with Gasteiger partial charge in [-0.05, 0) is 26.3 Å². The third-order valence-electron chi connectivity index (χ3n) is 2.31. The van der Waals surface area contributed by atoms with Crippen LogP contribution in [0.2, 0.25) is 0 Å². The number of carbonyl (C=O) groups is 2. The second-order valence-electron chi connectivity index (χ2n) is 5.55. The summed E-state index contributed by atoms with van der Waals surface area (Å²) in [5.41, 5.74) is 0.705. The van der Waals surface area contributed by atoms with Crippen molar-refractivity contribution < 1.29 is 14.3 Å². The van der Waals surface area contributed by atoms with E-state index >= 15 is 0 Å². The topological polar surface area (TPSA) is 67.4 Å².